The van der Waals surface area contributed by atoms with Crippen LogP contribution in [0.1, 0.15) is 49.4 Å². The van der Waals surface area contributed by atoms with E-state index in [0.29, 0.717) is 38.0 Å². The van der Waals surface area contributed by atoms with Crippen molar-refractivity contribution in [2.24, 2.45) is 4.99 Å². The molecule has 0 bridgehead atoms. The Morgan fingerprint density at radius 3 is 2.58 bits per heavy atom. The molecule has 1 aliphatic heterocycles. The van der Waals surface area contributed by atoms with Crippen LogP contribution < -0.4 is 24.9 Å². The number of amides is 1. The number of thiazole rings is 1. The second-order valence-corrected chi connectivity index (χ2v) is 10.8. The van der Waals surface area contributed by atoms with Crippen LogP contribution in [0.15, 0.2) is 99.9 Å². The highest BCUT2D eigenvalue weighted by molar-refractivity contribution is 7.07. The molecule has 1 aromatic heterocycles. The summed E-state index contributed by atoms with van der Waals surface area (Å²) in [5.41, 5.74) is 4.18. The summed E-state index contributed by atoms with van der Waals surface area (Å²) in [4.78, 5) is 32.9. The Bertz CT molecular complexity index is 1810. The zero-order chi connectivity index (χ0) is 28.2. The molecule has 0 unspecified atom stereocenters. The van der Waals surface area contributed by atoms with E-state index in [1.165, 1.54) is 16.9 Å². The Labute approximate surface area is 236 Å². The van der Waals surface area contributed by atoms with E-state index in [9.17, 15) is 9.59 Å². The number of aromatic nitrogens is 1. The summed E-state index contributed by atoms with van der Waals surface area (Å²) < 4.78 is 7.52. The molecule has 0 saturated carbocycles. The van der Waals surface area contributed by atoms with Crippen LogP contribution in [-0.4, -0.2) is 17.1 Å². The van der Waals surface area contributed by atoms with Gasteiger partial charge in [-0.2, -0.15) is 5.26 Å². The summed E-state index contributed by atoms with van der Waals surface area (Å²) in [5.74, 6) is 0.589. The molecule has 0 spiro atoms. The van der Waals surface area contributed by atoms with Crippen molar-refractivity contribution in [2.75, 3.05) is 11.9 Å². The van der Waals surface area contributed by atoms with Gasteiger partial charge < -0.3 is 10.1 Å². The second kappa shape index (κ2) is 11.6. The number of nitrogens with one attached hydrogen (secondary N) is 1. The maximum atomic E-state index is 13.9. The van der Waals surface area contributed by atoms with E-state index in [1.807, 2.05) is 79.7 Å². The number of anilines is 1. The van der Waals surface area contributed by atoms with E-state index in [-0.39, 0.29) is 18.1 Å². The SMILES string of the molecule is CC1=C(C(=O)Nc2ccccc2)[C@H](c2ccc(C(C)C)cc2)n2c(s/c(=C\c3cccc(OCC#N)c3)c2=O)=N1. The monoisotopic (exact) mass is 548 g/mol. The number of para-hydroxylation sites is 1. The Hall–Kier alpha value is -4.74. The molecule has 200 valence electrons. The topological polar surface area (TPSA) is 96.5 Å². The molecule has 4 aromatic rings. The third-order valence-electron chi connectivity index (χ3n) is 6.68. The van der Waals surface area contributed by atoms with Crippen molar-refractivity contribution in [2.45, 2.75) is 32.7 Å². The van der Waals surface area contributed by atoms with E-state index < -0.39 is 6.04 Å². The van der Waals surface area contributed by atoms with Gasteiger partial charge in [0.25, 0.3) is 11.5 Å². The Morgan fingerprint density at radius 2 is 1.88 bits per heavy atom. The molecule has 1 amide bonds. The predicted molar refractivity (Wildman–Crippen MR) is 157 cm³/mol. The van der Waals surface area contributed by atoms with E-state index >= 15 is 0 Å². The number of nitrogens with zero attached hydrogens (tertiary/aromatic N) is 3. The number of fused-ring (bicyclic) bond motifs is 1. The third-order valence-corrected chi connectivity index (χ3v) is 7.66. The predicted octanol–water partition coefficient (Wildman–Crippen LogP) is 4.90. The molecule has 1 atom stereocenters. The molecule has 0 saturated heterocycles. The van der Waals surface area contributed by atoms with Crippen LogP contribution in [-0.2, 0) is 4.79 Å². The van der Waals surface area contributed by atoms with Gasteiger partial charge in [-0.1, -0.05) is 79.8 Å². The summed E-state index contributed by atoms with van der Waals surface area (Å²) in [6, 6.07) is 25.8. The number of rotatable bonds is 7. The molecular weight excluding hydrogens is 520 g/mol. The lowest BCUT2D eigenvalue weighted by molar-refractivity contribution is -0.113. The van der Waals surface area contributed by atoms with Gasteiger partial charge in [-0.25, -0.2) is 4.99 Å². The quantitative estimate of drug-likeness (QED) is 0.355. The smallest absolute Gasteiger partial charge is 0.271 e. The maximum Gasteiger partial charge on any atom is 0.271 e. The average molecular weight is 549 g/mol. The Balaban J connectivity index is 1.63. The van der Waals surface area contributed by atoms with Gasteiger partial charge in [0.1, 0.15) is 11.8 Å². The summed E-state index contributed by atoms with van der Waals surface area (Å²) in [6.45, 7) is 6.00. The first kappa shape index (κ1) is 26.9. The average Bonchev–Trinajstić information content (AvgIpc) is 3.25. The van der Waals surface area contributed by atoms with Crippen molar-refractivity contribution in [1.82, 2.24) is 4.57 Å². The summed E-state index contributed by atoms with van der Waals surface area (Å²) >= 11 is 1.28. The fourth-order valence-corrected chi connectivity index (χ4v) is 5.72. The zero-order valence-electron chi connectivity index (χ0n) is 22.4. The molecule has 3 aromatic carbocycles. The highest BCUT2D eigenvalue weighted by Gasteiger charge is 2.32. The van der Waals surface area contributed by atoms with Crippen LogP contribution in [0.5, 0.6) is 5.75 Å². The van der Waals surface area contributed by atoms with Gasteiger partial charge in [-0.05, 0) is 59.9 Å². The lowest BCUT2D eigenvalue weighted by Gasteiger charge is -2.25. The molecule has 7 nitrogen and oxygen atoms in total. The van der Waals surface area contributed by atoms with Crippen molar-refractivity contribution < 1.29 is 9.53 Å². The Morgan fingerprint density at radius 1 is 1.12 bits per heavy atom. The van der Waals surface area contributed by atoms with Crippen molar-refractivity contribution in [3.05, 3.63) is 127 Å². The van der Waals surface area contributed by atoms with Gasteiger partial charge in [-0.3, -0.25) is 14.2 Å². The molecule has 0 aliphatic carbocycles. The maximum absolute atomic E-state index is 13.9. The van der Waals surface area contributed by atoms with Crippen LogP contribution >= 0.6 is 11.3 Å². The van der Waals surface area contributed by atoms with Crippen LogP contribution in [0.3, 0.4) is 0 Å². The van der Waals surface area contributed by atoms with Crippen LogP contribution in [0.25, 0.3) is 6.08 Å². The lowest BCUT2D eigenvalue weighted by atomic mass is 9.93. The number of hydrogen-bond acceptors (Lipinski definition) is 6. The molecule has 2 heterocycles. The minimum atomic E-state index is -0.645. The number of carbonyl (C=O) groups is 1. The summed E-state index contributed by atoms with van der Waals surface area (Å²) in [6.07, 6.45) is 1.78. The van der Waals surface area contributed by atoms with Gasteiger partial charge >= 0.3 is 0 Å². The van der Waals surface area contributed by atoms with Crippen LogP contribution in [0.2, 0.25) is 0 Å². The molecule has 8 heteroatoms. The molecule has 1 N–H and O–H groups in total. The number of carbonyl (C=O) groups excluding carboxylic acids is 1. The third kappa shape index (κ3) is 5.51. The lowest BCUT2D eigenvalue weighted by Crippen LogP contribution is -2.40. The number of nitriles is 1. The first-order valence-electron chi connectivity index (χ1n) is 12.9. The summed E-state index contributed by atoms with van der Waals surface area (Å²) in [5, 5.41) is 11.8. The van der Waals surface area contributed by atoms with Crippen molar-refractivity contribution in [1.29, 1.82) is 5.26 Å². The molecule has 0 radical (unpaired) electrons. The number of allylic oxidation sites excluding steroid dienone is 1. The minimum Gasteiger partial charge on any atom is -0.479 e. The van der Waals surface area contributed by atoms with E-state index in [1.54, 1.807) is 22.8 Å². The highest BCUT2D eigenvalue weighted by atomic mass is 32.1. The van der Waals surface area contributed by atoms with Crippen molar-refractivity contribution in [3.8, 4) is 11.8 Å². The number of ether oxygens (including phenoxy) is 1. The van der Waals surface area contributed by atoms with Gasteiger partial charge in [0, 0.05) is 5.69 Å². The fraction of sp³-hybridized carbons (Fsp3) is 0.188. The molecule has 1 aliphatic rings. The zero-order valence-corrected chi connectivity index (χ0v) is 23.2. The largest absolute Gasteiger partial charge is 0.479 e. The van der Waals surface area contributed by atoms with Gasteiger partial charge in [0.15, 0.2) is 11.4 Å². The standard InChI is InChI=1S/C32H28N4O3S/c1-20(2)23-12-14-24(15-13-23)29-28(30(37)35-25-9-5-4-6-10-25)21(3)34-32-36(29)31(38)27(40-32)19-22-8-7-11-26(18-22)39-17-16-33/h4-15,18-20,29H,17H2,1-3H3,(H,35,37)/b27-19-/t29-/m0/s1. The van der Waals surface area contributed by atoms with Crippen molar-refractivity contribution >= 4 is 29.0 Å². The highest BCUT2D eigenvalue weighted by Crippen LogP contribution is 2.31. The van der Waals surface area contributed by atoms with E-state index in [2.05, 4.69) is 19.2 Å². The fourth-order valence-electron chi connectivity index (χ4n) is 4.67. The summed E-state index contributed by atoms with van der Waals surface area (Å²) in [7, 11) is 0. The van der Waals surface area contributed by atoms with Gasteiger partial charge in [-0.15, -0.1) is 0 Å². The minimum absolute atomic E-state index is 0.0612. The first-order chi connectivity index (χ1) is 19.4. The molecular formula is C32H28N4O3S. The number of hydrogen-bond donors (Lipinski definition) is 1. The Kier molecular flexibility index (Phi) is 7.76. The molecule has 0 fully saturated rings. The molecule has 5 rings (SSSR count). The first-order valence-corrected chi connectivity index (χ1v) is 13.8. The van der Waals surface area contributed by atoms with Crippen LogP contribution in [0, 0.1) is 11.3 Å². The van der Waals surface area contributed by atoms with Crippen molar-refractivity contribution in [3.63, 3.8) is 0 Å². The van der Waals surface area contributed by atoms with Gasteiger partial charge in [0.05, 0.1) is 21.8 Å². The van der Waals surface area contributed by atoms with E-state index in [4.69, 9.17) is 15.0 Å². The second-order valence-electron chi connectivity index (χ2n) is 9.74. The number of benzene rings is 3. The molecule has 40 heavy (non-hydrogen) atoms. The van der Waals surface area contributed by atoms with E-state index in [0.717, 1.165) is 11.1 Å². The normalized spacial score (nSPS) is 14.9. The van der Waals surface area contributed by atoms with Crippen LogP contribution in [0.4, 0.5) is 5.69 Å². The van der Waals surface area contributed by atoms with Gasteiger partial charge in [0.2, 0.25) is 0 Å².